The largest absolute Gasteiger partial charge is 0.471 e. The predicted molar refractivity (Wildman–Crippen MR) is 81.8 cm³/mol. The Kier molecular flexibility index (Phi) is 5.02. The number of rotatable bonds is 6. The fourth-order valence-electron chi connectivity index (χ4n) is 2.17. The smallest absolute Gasteiger partial charge is 0.171 e. The second-order valence-corrected chi connectivity index (χ2v) is 4.66. The summed E-state index contributed by atoms with van der Waals surface area (Å²) < 4.78 is 5.92. The first-order chi connectivity index (χ1) is 9.72. The van der Waals surface area contributed by atoms with Gasteiger partial charge in [0.25, 0.3) is 0 Å². The van der Waals surface area contributed by atoms with Gasteiger partial charge in [0.05, 0.1) is 0 Å². The Morgan fingerprint density at radius 3 is 2.10 bits per heavy atom. The van der Waals surface area contributed by atoms with Crippen molar-refractivity contribution >= 4 is 5.69 Å². The fraction of sp³-hybridized carbons (Fsp3) is 0.294. The van der Waals surface area contributed by atoms with Gasteiger partial charge in [0, 0.05) is 5.69 Å². The van der Waals surface area contributed by atoms with Gasteiger partial charge in [0.2, 0.25) is 0 Å². The second kappa shape index (κ2) is 6.96. The summed E-state index contributed by atoms with van der Waals surface area (Å²) in [4.78, 5) is 1.88. The van der Waals surface area contributed by atoms with Crippen LogP contribution in [0.1, 0.15) is 20.3 Å². The fourth-order valence-corrected chi connectivity index (χ4v) is 2.17. The number of aliphatic hydroxyl groups is 1. The molecule has 0 spiro atoms. The Bertz CT molecular complexity index is 501. The Morgan fingerprint density at radius 2 is 1.55 bits per heavy atom. The van der Waals surface area contributed by atoms with Crippen molar-refractivity contribution in [1.29, 1.82) is 0 Å². The van der Waals surface area contributed by atoms with Gasteiger partial charge in [-0.15, -0.1) is 0 Å². The normalized spacial score (nSPS) is 13.6. The Hall–Kier alpha value is -2.00. The van der Waals surface area contributed by atoms with Crippen LogP contribution in [0.5, 0.6) is 5.75 Å². The Balaban J connectivity index is 2.19. The summed E-state index contributed by atoms with van der Waals surface area (Å²) in [6, 6.07) is 19.5. The van der Waals surface area contributed by atoms with Crippen LogP contribution in [0, 0.1) is 0 Å². The number of aliphatic hydroxyl groups excluding tert-OH is 1. The van der Waals surface area contributed by atoms with E-state index in [0.29, 0.717) is 6.42 Å². The minimum Gasteiger partial charge on any atom is -0.471 e. The van der Waals surface area contributed by atoms with E-state index in [2.05, 4.69) is 0 Å². The zero-order chi connectivity index (χ0) is 14.4. The molecule has 0 aliphatic carbocycles. The average Bonchev–Trinajstić information content (AvgIpc) is 2.49. The number of para-hydroxylation sites is 2. The summed E-state index contributed by atoms with van der Waals surface area (Å²) in [5, 5.41) is 10.3. The third-order valence-electron chi connectivity index (χ3n) is 3.18. The maximum absolute atomic E-state index is 10.3. The number of hydrogen-bond acceptors (Lipinski definition) is 3. The van der Waals surface area contributed by atoms with E-state index in [1.165, 1.54) is 0 Å². The van der Waals surface area contributed by atoms with Gasteiger partial charge in [-0.3, -0.25) is 0 Å². The van der Waals surface area contributed by atoms with Gasteiger partial charge in [-0.2, -0.15) is 0 Å². The monoisotopic (exact) mass is 271 g/mol. The quantitative estimate of drug-likeness (QED) is 0.814. The first-order valence-electron chi connectivity index (χ1n) is 6.95. The van der Waals surface area contributed by atoms with Crippen LogP contribution in [0.15, 0.2) is 60.7 Å². The number of benzene rings is 2. The minimum absolute atomic E-state index is 0.255. The molecule has 2 unspecified atom stereocenters. The number of ether oxygens (including phenoxy) is 1. The molecular formula is C17H21NO2. The molecular weight excluding hydrogens is 250 g/mol. The van der Waals surface area contributed by atoms with Gasteiger partial charge < -0.3 is 14.7 Å². The summed E-state index contributed by atoms with van der Waals surface area (Å²) in [6.45, 7) is 3.90. The van der Waals surface area contributed by atoms with Crippen molar-refractivity contribution in [2.75, 3.05) is 4.90 Å². The van der Waals surface area contributed by atoms with E-state index in [0.717, 1.165) is 11.4 Å². The number of nitrogens with zero attached hydrogens (tertiary/aromatic N) is 1. The molecule has 0 heterocycles. The van der Waals surface area contributed by atoms with E-state index in [1.807, 2.05) is 79.4 Å². The van der Waals surface area contributed by atoms with Gasteiger partial charge in [-0.1, -0.05) is 43.3 Å². The standard InChI is InChI=1S/C17H21NO2/c1-3-17(19)18(15-10-6-4-7-11-15)14(2)20-16-12-8-5-9-13-16/h4-14,17,19H,3H2,1-2H3. The van der Waals surface area contributed by atoms with Gasteiger partial charge in [0.15, 0.2) is 6.23 Å². The molecule has 0 fully saturated rings. The third-order valence-corrected chi connectivity index (χ3v) is 3.18. The van der Waals surface area contributed by atoms with Crippen LogP contribution < -0.4 is 9.64 Å². The molecule has 2 aromatic rings. The molecule has 0 saturated carbocycles. The van der Waals surface area contributed by atoms with E-state index in [-0.39, 0.29) is 6.23 Å². The molecule has 3 heteroatoms. The molecule has 106 valence electrons. The lowest BCUT2D eigenvalue weighted by atomic mass is 10.2. The molecule has 2 atom stereocenters. The van der Waals surface area contributed by atoms with Gasteiger partial charge in [-0.25, -0.2) is 0 Å². The average molecular weight is 271 g/mol. The van der Waals surface area contributed by atoms with Crippen LogP contribution in [-0.2, 0) is 0 Å². The summed E-state index contributed by atoms with van der Waals surface area (Å²) >= 11 is 0. The lowest BCUT2D eigenvalue weighted by molar-refractivity contribution is 0.103. The Morgan fingerprint density at radius 1 is 1.00 bits per heavy atom. The molecule has 2 aromatic carbocycles. The van der Waals surface area contributed by atoms with E-state index in [1.54, 1.807) is 0 Å². The molecule has 3 nitrogen and oxygen atoms in total. The van der Waals surface area contributed by atoms with Gasteiger partial charge in [-0.05, 0) is 37.6 Å². The molecule has 2 rings (SSSR count). The lowest BCUT2D eigenvalue weighted by Gasteiger charge is -2.35. The highest BCUT2D eigenvalue weighted by Crippen LogP contribution is 2.22. The minimum atomic E-state index is -0.573. The van der Waals surface area contributed by atoms with Crippen molar-refractivity contribution in [1.82, 2.24) is 0 Å². The molecule has 0 aromatic heterocycles. The van der Waals surface area contributed by atoms with Crippen LogP contribution in [0.3, 0.4) is 0 Å². The first-order valence-corrected chi connectivity index (χ1v) is 6.95. The van der Waals surface area contributed by atoms with E-state index < -0.39 is 6.23 Å². The third kappa shape index (κ3) is 3.52. The number of anilines is 1. The molecule has 0 bridgehead atoms. The zero-order valence-electron chi connectivity index (χ0n) is 11.9. The molecule has 0 amide bonds. The van der Waals surface area contributed by atoms with Crippen molar-refractivity contribution in [3.63, 3.8) is 0 Å². The molecule has 0 saturated heterocycles. The summed E-state index contributed by atoms with van der Waals surface area (Å²) in [5.74, 6) is 0.796. The highest BCUT2D eigenvalue weighted by atomic mass is 16.5. The second-order valence-electron chi connectivity index (χ2n) is 4.66. The van der Waals surface area contributed by atoms with Crippen LogP contribution in [0.4, 0.5) is 5.69 Å². The first kappa shape index (κ1) is 14.4. The maximum atomic E-state index is 10.3. The summed E-state index contributed by atoms with van der Waals surface area (Å²) in [7, 11) is 0. The van der Waals surface area contributed by atoms with E-state index in [4.69, 9.17) is 4.74 Å². The molecule has 0 aliphatic rings. The van der Waals surface area contributed by atoms with Crippen molar-refractivity contribution in [2.45, 2.75) is 32.7 Å². The van der Waals surface area contributed by atoms with Gasteiger partial charge >= 0.3 is 0 Å². The van der Waals surface area contributed by atoms with Crippen molar-refractivity contribution in [3.05, 3.63) is 60.7 Å². The van der Waals surface area contributed by atoms with E-state index in [9.17, 15) is 5.11 Å². The number of hydrogen-bond donors (Lipinski definition) is 1. The summed E-state index contributed by atoms with van der Waals surface area (Å²) in [6.07, 6.45) is -0.192. The predicted octanol–water partition coefficient (Wildman–Crippen LogP) is 3.65. The lowest BCUT2D eigenvalue weighted by Crippen LogP contribution is -2.44. The molecule has 1 N–H and O–H groups in total. The molecule has 0 radical (unpaired) electrons. The van der Waals surface area contributed by atoms with Crippen LogP contribution in [-0.4, -0.2) is 17.6 Å². The van der Waals surface area contributed by atoms with Gasteiger partial charge in [0.1, 0.15) is 12.0 Å². The van der Waals surface area contributed by atoms with Crippen LogP contribution in [0.25, 0.3) is 0 Å². The van der Waals surface area contributed by atoms with E-state index >= 15 is 0 Å². The van der Waals surface area contributed by atoms with Crippen molar-refractivity contribution in [2.24, 2.45) is 0 Å². The molecule has 20 heavy (non-hydrogen) atoms. The Labute approximate surface area is 120 Å². The van der Waals surface area contributed by atoms with Crippen molar-refractivity contribution in [3.8, 4) is 5.75 Å². The highest BCUT2D eigenvalue weighted by Gasteiger charge is 2.22. The maximum Gasteiger partial charge on any atom is 0.171 e. The topological polar surface area (TPSA) is 32.7 Å². The van der Waals surface area contributed by atoms with Crippen molar-refractivity contribution < 1.29 is 9.84 Å². The summed E-state index contributed by atoms with van der Waals surface area (Å²) in [5.41, 5.74) is 0.949. The SMILES string of the molecule is CCC(O)N(c1ccccc1)C(C)Oc1ccccc1. The zero-order valence-corrected chi connectivity index (χ0v) is 11.9. The highest BCUT2D eigenvalue weighted by molar-refractivity contribution is 5.47. The van der Waals surface area contributed by atoms with Crippen LogP contribution in [0.2, 0.25) is 0 Å². The van der Waals surface area contributed by atoms with Crippen LogP contribution >= 0.6 is 0 Å². The molecule has 0 aliphatic heterocycles.